The molecule has 1 atom stereocenters. The van der Waals surface area contributed by atoms with E-state index in [0.29, 0.717) is 12.1 Å². The Hall–Kier alpha value is -2.09. The van der Waals surface area contributed by atoms with E-state index in [0.717, 1.165) is 31.6 Å². The number of carbonyl (C=O) groups is 1. The first-order chi connectivity index (χ1) is 9.20. The lowest BCUT2D eigenvalue weighted by atomic mass is 9.98. The minimum atomic E-state index is -0.760. The van der Waals surface area contributed by atoms with E-state index in [4.69, 9.17) is 10.4 Å². The first-order valence-electron chi connectivity index (χ1n) is 6.56. The van der Waals surface area contributed by atoms with Gasteiger partial charge >= 0.3 is 5.97 Å². The number of carboxylic acid groups (broad SMARTS) is 1. The Kier molecular flexibility index (Phi) is 4.35. The second-order valence-electron chi connectivity index (χ2n) is 4.77. The third kappa shape index (κ3) is 3.44. The number of carboxylic acids is 1. The van der Waals surface area contributed by atoms with Crippen LogP contribution in [0.1, 0.15) is 37.8 Å². The van der Waals surface area contributed by atoms with Crippen LogP contribution in [0, 0.1) is 11.3 Å². The largest absolute Gasteiger partial charge is 0.481 e. The molecule has 1 aliphatic rings. The Bertz CT molecular complexity index is 496. The molecule has 0 amide bonds. The van der Waals surface area contributed by atoms with Gasteiger partial charge in [0.05, 0.1) is 0 Å². The lowest BCUT2D eigenvalue weighted by Crippen LogP contribution is -2.40. The van der Waals surface area contributed by atoms with Crippen LogP contribution in [-0.4, -0.2) is 28.6 Å². The highest BCUT2D eigenvalue weighted by Gasteiger charge is 2.24. The topological polar surface area (TPSA) is 77.2 Å². The molecule has 0 aliphatic carbocycles. The maximum absolute atomic E-state index is 10.7. The Labute approximate surface area is 112 Å². The van der Waals surface area contributed by atoms with E-state index in [-0.39, 0.29) is 12.5 Å². The Balaban J connectivity index is 2.14. The van der Waals surface area contributed by atoms with Crippen molar-refractivity contribution >= 4 is 11.8 Å². The quantitative estimate of drug-likeness (QED) is 0.896. The van der Waals surface area contributed by atoms with Gasteiger partial charge in [0.2, 0.25) is 0 Å². The first-order valence-corrected chi connectivity index (χ1v) is 6.56. The number of nitrogens with zero attached hydrogens (tertiary/aromatic N) is 3. The van der Waals surface area contributed by atoms with Gasteiger partial charge in [0.15, 0.2) is 0 Å². The van der Waals surface area contributed by atoms with E-state index in [1.807, 2.05) is 18.2 Å². The molecule has 1 fully saturated rings. The lowest BCUT2D eigenvalue weighted by Gasteiger charge is -2.36. The van der Waals surface area contributed by atoms with Gasteiger partial charge in [0.1, 0.15) is 17.6 Å². The van der Waals surface area contributed by atoms with E-state index in [1.54, 1.807) is 6.07 Å². The minimum absolute atomic E-state index is 0.180. The SMILES string of the molecule is N#Cc1cccc(N2CCCCC2CCC(=O)O)n1. The van der Waals surface area contributed by atoms with Gasteiger partial charge < -0.3 is 10.0 Å². The molecule has 5 heteroatoms. The van der Waals surface area contributed by atoms with Gasteiger partial charge in [-0.15, -0.1) is 0 Å². The molecule has 100 valence electrons. The smallest absolute Gasteiger partial charge is 0.303 e. The van der Waals surface area contributed by atoms with E-state index in [1.165, 1.54) is 0 Å². The van der Waals surface area contributed by atoms with Crippen LogP contribution in [-0.2, 0) is 4.79 Å². The fourth-order valence-corrected chi connectivity index (χ4v) is 2.54. The Morgan fingerprint density at radius 2 is 2.37 bits per heavy atom. The highest BCUT2D eigenvalue weighted by molar-refractivity contribution is 5.66. The lowest BCUT2D eigenvalue weighted by molar-refractivity contribution is -0.137. The number of piperidine rings is 1. The molecule has 1 saturated heterocycles. The molecule has 1 aliphatic heterocycles. The molecule has 0 radical (unpaired) electrons. The highest BCUT2D eigenvalue weighted by atomic mass is 16.4. The maximum atomic E-state index is 10.7. The van der Waals surface area contributed by atoms with Crippen LogP contribution in [0.15, 0.2) is 18.2 Å². The number of hydrogen-bond donors (Lipinski definition) is 1. The van der Waals surface area contributed by atoms with Crippen molar-refractivity contribution in [1.29, 1.82) is 5.26 Å². The van der Waals surface area contributed by atoms with Crippen LogP contribution in [0.5, 0.6) is 0 Å². The fourth-order valence-electron chi connectivity index (χ4n) is 2.54. The number of pyridine rings is 1. The van der Waals surface area contributed by atoms with Gasteiger partial charge in [0.25, 0.3) is 0 Å². The molecule has 5 nitrogen and oxygen atoms in total. The number of anilines is 1. The van der Waals surface area contributed by atoms with Gasteiger partial charge in [-0.2, -0.15) is 5.26 Å². The van der Waals surface area contributed by atoms with Crippen molar-refractivity contribution in [2.45, 2.75) is 38.1 Å². The molecular weight excluding hydrogens is 242 g/mol. The van der Waals surface area contributed by atoms with Gasteiger partial charge in [0, 0.05) is 19.0 Å². The van der Waals surface area contributed by atoms with Crippen molar-refractivity contribution < 1.29 is 9.90 Å². The van der Waals surface area contributed by atoms with Gasteiger partial charge in [-0.3, -0.25) is 4.79 Å². The summed E-state index contributed by atoms with van der Waals surface area (Å²) >= 11 is 0. The van der Waals surface area contributed by atoms with Gasteiger partial charge in [-0.25, -0.2) is 4.98 Å². The third-order valence-corrected chi connectivity index (χ3v) is 3.46. The summed E-state index contributed by atoms with van der Waals surface area (Å²) in [4.78, 5) is 17.2. The van der Waals surface area contributed by atoms with Crippen molar-refractivity contribution in [3.63, 3.8) is 0 Å². The third-order valence-electron chi connectivity index (χ3n) is 3.46. The van der Waals surface area contributed by atoms with Crippen molar-refractivity contribution in [3.8, 4) is 6.07 Å². The van der Waals surface area contributed by atoms with Crippen molar-refractivity contribution in [2.75, 3.05) is 11.4 Å². The maximum Gasteiger partial charge on any atom is 0.303 e. The van der Waals surface area contributed by atoms with Crippen LogP contribution in [0.4, 0.5) is 5.82 Å². The van der Waals surface area contributed by atoms with Crippen LogP contribution in [0.2, 0.25) is 0 Å². The number of aromatic nitrogens is 1. The molecule has 0 bridgehead atoms. The highest BCUT2D eigenvalue weighted by Crippen LogP contribution is 2.26. The second-order valence-corrected chi connectivity index (χ2v) is 4.77. The van der Waals surface area contributed by atoms with Crippen LogP contribution in [0.25, 0.3) is 0 Å². The van der Waals surface area contributed by atoms with E-state index < -0.39 is 5.97 Å². The van der Waals surface area contributed by atoms with Crippen molar-refractivity contribution in [2.24, 2.45) is 0 Å². The van der Waals surface area contributed by atoms with Gasteiger partial charge in [-0.1, -0.05) is 6.07 Å². The molecule has 19 heavy (non-hydrogen) atoms. The summed E-state index contributed by atoms with van der Waals surface area (Å²) in [7, 11) is 0. The minimum Gasteiger partial charge on any atom is -0.481 e. The molecule has 0 saturated carbocycles. The Morgan fingerprint density at radius 1 is 1.53 bits per heavy atom. The fraction of sp³-hybridized carbons (Fsp3) is 0.500. The van der Waals surface area contributed by atoms with Crippen LogP contribution in [0.3, 0.4) is 0 Å². The number of hydrogen-bond acceptors (Lipinski definition) is 4. The summed E-state index contributed by atoms with van der Waals surface area (Å²) in [6.07, 6.45) is 4.01. The summed E-state index contributed by atoms with van der Waals surface area (Å²) in [5.74, 6) is 0.0263. The standard InChI is InChI=1S/C14H17N3O2/c15-10-11-4-3-6-13(16-11)17-9-2-1-5-12(17)7-8-14(18)19/h3-4,6,12H,1-2,5,7-9H2,(H,18,19). The zero-order chi connectivity index (χ0) is 13.7. The average molecular weight is 259 g/mol. The predicted molar refractivity (Wildman–Crippen MR) is 70.8 cm³/mol. The summed E-state index contributed by atoms with van der Waals surface area (Å²) in [5, 5.41) is 17.7. The molecule has 2 rings (SSSR count). The van der Waals surface area contributed by atoms with E-state index in [2.05, 4.69) is 9.88 Å². The predicted octanol–water partition coefficient (Wildman–Crippen LogP) is 2.18. The van der Waals surface area contributed by atoms with Crippen LogP contribution >= 0.6 is 0 Å². The van der Waals surface area contributed by atoms with Crippen molar-refractivity contribution in [3.05, 3.63) is 23.9 Å². The molecule has 1 unspecified atom stereocenters. The number of aliphatic carboxylic acids is 1. The molecule has 0 spiro atoms. The molecule has 1 N–H and O–H groups in total. The van der Waals surface area contributed by atoms with Gasteiger partial charge in [-0.05, 0) is 37.8 Å². The van der Waals surface area contributed by atoms with Crippen molar-refractivity contribution in [1.82, 2.24) is 4.98 Å². The zero-order valence-electron chi connectivity index (χ0n) is 10.7. The molecule has 2 heterocycles. The van der Waals surface area contributed by atoms with E-state index >= 15 is 0 Å². The number of nitriles is 1. The summed E-state index contributed by atoms with van der Waals surface area (Å²) in [6.45, 7) is 0.881. The average Bonchev–Trinajstić information content (AvgIpc) is 2.45. The summed E-state index contributed by atoms with van der Waals surface area (Å²) in [6, 6.07) is 7.65. The number of rotatable bonds is 4. The monoisotopic (exact) mass is 259 g/mol. The normalized spacial score (nSPS) is 18.9. The molecule has 1 aromatic rings. The van der Waals surface area contributed by atoms with E-state index in [9.17, 15) is 4.79 Å². The first kappa shape index (κ1) is 13.3. The Morgan fingerprint density at radius 3 is 3.11 bits per heavy atom. The molecule has 1 aromatic heterocycles. The zero-order valence-corrected chi connectivity index (χ0v) is 10.7. The second kappa shape index (κ2) is 6.19. The summed E-state index contributed by atoms with van der Waals surface area (Å²) in [5.41, 5.74) is 0.403. The molecule has 0 aromatic carbocycles. The van der Waals surface area contributed by atoms with Crippen LogP contribution < -0.4 is 4.90 Å². The summed E-state index contributed by atoms with van der Waals surface area (Å²) < 4.78 is 0. The molecular formula is C14H17N3O2.